The Labute approximate surface area is 185 Å². The molecule has 2 aromatic heterocycles. The van der Waals surface area contributed by atoms with Gasteiger partial charge in [0.2, 0.25) is 0 Å². The highest BCUT2D eigenvalue weighted by molar-refractivity contribution is 5.68. The van der Waals surface area contributed by atoms with Crippen molar-refractivity contribution in [1.29, 1.82) is 0 Å². The quantitative estimate of drug-likeness (QED) is 0.351. The highest BCUT2D eigenvalue weighted by Crippen LogP contribution is 2.28. The van der Waals surface area contributed by atoms with E-state index in [9.17, 15) is 4.39 Å². The number of aromatic nitrogens is 4. The summed E-state index contributed by atoms with van der Waals surface area (Å²) in [4.78, 5) is 18.6. The lowest BCUT2D eigenvalue weighted by Gasteiger charge is -2.12. The molecule has 5 heteroatoms. The SMILES string of the molecule is Fc1ccc(-c2nc(-c3ccccc3)nc(-c3ccccc3)n2)c(Cc2ccccn2)c1. The van der Waals surface area contributed by atoms with E-state index < -0.39 is 0 Å². The lowest BCUT2D eigenvalue weighted by atomic mass is 10.0. The van der Waals surface area contributed by atoms with Gasteiger partial charge in [-0.2, -0.15) is 0 Å². The predicted octanol–water partition coefficient (Wildman–Crippen LogP) is 6.00. The Morgan fingerprint density at radius 3 is 1.78 bits per heavy atom. The molecular formula is C27H19FN4. The van der Waals surface area contributed by atoms with E-state index in [4.69, 9.17) is 15.0 Å². The molecule has 0 aliphatic heterocycles. The van der Waals surface area contributed by atoms with E-state index in [0.717, 1.165) is 27.9 Å². The maximum absolute atomic E-state index is 14.2. The van der Waals surface area contributed by atoms with Crippen LogP contribution in [0.4, 0.5) is 4.39 Å². The van der Waals surface area contributed by atoms with Crippen molar-refractivity contribution in [3.05, 3.63) is 120 Å². The van der Waals surface area contributed by atoms with E-state index in [1.807, 2.05) is 78.9 Å². The molecule has 32 heavy (non-hydrogen) atoms. The van der Waals surface area contributed by atoms with E-state index in [2.05, 4.69) is 4.98 Å². The summed E-state index contributed by atoms with van der Waals surface area (Å²) in [5, 5.41) is 0. The zero-order chi connectivity index (χ0) is 21.8. The fraction of sp³-hybridized carbons (Fsp3) is 0.0370. The molecule has 0 unspecified atom stereocenters. The molecule has 0 bridgehead atoms. The van der Waals surface area contributed by atoms with E-state index in [0.29, 0.717) is 23.9 Å². The summed E-state index contributed by atoms with van der Waals surface area (Å²) in [6, 6.07) is 30.0. The minimum atomic E-state index is -0.305. The molecule has 0 saturated heterocycles. The molecular weight excluding hydrogens is 399 g/mol. The lowest BCUT2D eigenvalue weighted by Crippen LogP contribution is -2.03. The molecule has 4 nitrogen and oxygen atoms in total. The predicted molar refractivity (Wildman–Crippen MR) is 123 cm³/mol. The van der Waals surface area contributed by atoms with Crippen molar-refractivity contribution in [3.63, 3.8) is 0 Å². The Hall–Kier alpha value is -4.25. The van der Waals surface area contributed by atoms with Crippen LogP contribution < -0.4 is 0 Å². The van der Waals surface area contributed by atoms with Crippen LogP contribution in [-0.4, -0.2) is 19.9 Å². The summed E-state index contributed by atoms with van der Waals surface area (Å²) in [6.07, 6.45) is 2.21. The summed E-state index contributed by atoms with van der Waals surface area (Å²) in [5.41, 5.74) is 4.16. The van der Waals surface area contributed by atoms with Gasteiger partial charge in [0.1, 0.15) is 5.82 Å². The molecule has 0 spiro atoms. The highest BCUT2D eigenvalue weighted by Gasteiger charge is 2.15. The van der Waals surface area contributed by atoms with E-state index in [1.54, 1.807) is 12.3 Å². The zero-order valence-corrected chi connectivity index (χ0v) is 17.2. The Bertz CT molecular complexity index is 1280. The van der Waals surface area contributed by atoms with E-state index in [1.165, 1.54) is 12.1 Å². The van der Waals surface area contributed by atoms with Gasteiger partial charge < -0.3 is 0 Å². The van der Waals surface area contributed by atoms with Crippen molar-refractivity contribution in [1.82, 2.24) is 19.9 Å². The first-order valence-corrected chi connectivity index (χ1v) is 10.3. The van der Waals surface area contributed by atoms with Crippen LogP contribution in [0.25, 0.3) is 34.2 Å². The molecule has 154 valence electrons. The third kappa shape index (κ3) is 4.27. The van der Waals surface area contributed by atoms with Crippen molar-refractivity contribution in [3.8, 4) is 34.2 Å². The normalized spacial score (nSPS) is 10.8. The Kier molecular flexibility index (Phi) is 5.45. The maximum Gasteiger partial charge on any atom is 0.164 e. The minimum Gasteiger partial charge on any atom is -0.261 e. The van der Waals surface area contributed by atoms with Gasteiger partial charge in [-0.25, -0.2) is 19.3 Å². The second kappa shape index (κ2) is 8.86. The summed E-state index contributed by atoms with van der Waals surface area (Å²) < 4.78 is 14.2. The second-order valence-corrected chi connectivity index (χ2v) is 7.34. The number of hydrogen-bond donors (Lipinski definition) is 0. The van der Waals surface area contributed by atoms with Gasteiger partial charge in [-0.3, -0.25) is 4.98 Å². The maximum atomic E-state index is 14.2. The van der Waals surface area contributed by atoms with Gasteiger partial charge in [0.25, 0.3) is 0 Å². The van der Waals surface area contributed by atoms with Crippen molar-refractivity contribution in [2.75, 3.05) is 0 Å². The van der Waals surface area contributed by atoms with Crippen LogP contribution in [0.5, 0.6) is 0 Å². The Morgan fingerprint density at radius 1 is 0.594 bits per heavy atom. The van der Waals surface area contributed by atoms with Crippen molar-refractivity contribution in [2.45, 2.75) is 6.42 Å². The number of pyridine rings is 1. The van der Waals surface area contributed by atoms with Crippen LogP contribution in [0, 0.1) is 5.82 Å². The number of halogens is 1. The molecule has 0 fully saturated rings. The van der Waals surface area contributed by atoms with Gasteiger partial charge in [0.05, 0.1) is 0 Å². The number of rotatable bonds is 5. The van der Waals surface area contributed by atoms with Gasteiger partial charge in [-0.1, -0.05) is 66.7 Å². The second-order valence-electron chi connectivity index (χ2n) is 7.34. The van der Waals surface area contributed by atoms with Crippen LogP contribution in [0.2, 0.25) is 0 Å². The molecule has 0 aliphatic carbocycles. The average Bonchev–Trinajstić information content (AvgIpc) is 2.86. The van der Waals surface area contributed by atoms with E-state index in [-0.39, 0.29) is 5.82 Å². The minimum absolute atomic E-state index is 0.305. The van der Waals surface area contributed by atoms with Crippen LogP contribution in [0.1, 0.15) is 11.3 Å². The third-order valence-electron chi connectivity index (χ3n) is 5.11. The summed E-state index contributed by atoms with van der Waals surface area (Å²) in [6.45, 7) is 0. The van der Waals surface area contributed by atoms with Crippen LogP contribution in [0.3, 0.4) is 0 Å². The molecule has 0 aliphatic rings. The van der Waals surface area contributed by atoms with Crippen LogP contribution in [-0.2, 0) is 6.42 Å². The summed E-state index contributed by atoms with van der Waals surface area (Å²) in [7, 11) is 0. The monoisotopic (exact) mass is 418 g/mol. The summed E-state index contributed by atoms with van der Waals surface area (Å²) in [5.74, 6) is 1.34. The topological polar surface area (TPSA) is 51.6 Å². The van der Waals surface area contributed by atoms with Gasteiger partial charge >= 0.3 is 0 Å². The van der Waals surface area contributed by atoms with Crippen molar-refractivity contribution < 1.29 is 4.39 Å². The van der Waals surface area contributed by atoms with Gasteiger partial charge in [-0.05, 0) is 35.9 Å². The number of nitrogens with zero attached hydrogens (tertiary/aromatic N) is 4. The summed E-state index contributed by atoms with van der Waals surface area (Å²) >= 11 is 0. The number of benzene rings is 3. The smallest absolute Gasteiger partial charge is 0.164 e. The molecule has 3 aromatic carbocycles. The average molecular weight is 418 g/mol. The molecule has 0 atom stereocenters. The van der Waals surface area contributed by atoms with E-state index >= 15 is 0 Å². The van der Waals surface area contributed by atoms with Crippen molar-refractivity contribution in [2.24, 2.45) is 0 Å². The first-order valence-electron chi connectivity index (χ1n) is 10.3. The first-order chi connectivity index (χ1) is 15.8. The van der Waals surface area contributed by atoms with Crippen molar-refractivity contribution >= 4 is 0 Å². The van der Waals surface area contributed by atoms with Crippen LogP contribution >= 0.6 is 0 Å². The molecule has 0 saturated carbocycles. The molecule has 0 amide bonds. The molecule has 0 N–H and O–H groups in total. The molecule has 5 rings (SSSR count). The van der Waals surface area contributed by atoms with Crippen LogP contribution in [0.15, 0.2) is 103 Å². The van der Waals surface area contributed by atoms with Gasteiger partial charge in [0.15, 0.2) is 17.5 Å². The Balaban J connectivity index is 1.68. The largest absolute Gasteiger partial charge is 0.261 e. The Morgan fingerprint density at radius 2 is 1.19 bits per heavy atom. The number of hydrogen-bond acceptors (Lipinski definition) is 4. The zero-order valence-electron chi connectivity index (χ0n) is 17.2. The van der Waals surface area contributed by atoms with Gasteiger partial charge in [-0.15, -0.1) is 0 Å². The molecule has 5 aromatic rings. The third-order valence-corrected chi connectivity index (χ3v) is 5.11. The first kappa shape index (κ1) is 19.7. The fourth-order valence-corrected chi connectivity index (χ4v) is 3.55. The highest BCUT2D eigenvalue weighted by atomic mass is 19.1. The standard InChI is InChI=1S/C27H19FN4/c28-22-14-15-24(21(17-22)18-23-13-7-8-16-29-23)27-31-25(19-9-3-1-4-10-19)30-26(32-27)20-11-5-2-6-12-20/h1-17H,18H2. The molecule has 2 heterocycles. The van der Waals surface area contributed by atoms with Gasteiger partial charge in [0, 0.05) is 35.0 Å². The fourth-order valence-electron chi connectivity index (χ4n) is 3.55. The molecule has 0 radical (unpaired) electrons. The lowest BCUT2D eigenvalue weighted by molar-refractivity contribution is 0.626.